The predicted octanol–water partition coefficient (Wildman–Crippen LogP) is 3.68. The molecule has 2 aromatic rings. The highest BCUT2D eigenvalue weighted by Gasteiger charge is 2.20. The molecule has 0 aliphatic carbocycles. The minimum atomic E-state index is -0.327. The molecular weight excluding hydrogens is 491 g/mol. The van der Waals surface area contributed by atoms with Crippen LogP contribution in [0.25, 0.3) is 0 Å². The maximum absolute atomic E-state index is 12.0. The molecule has 1 atom stereocenters. The third-order valence-corrected chi connectivity index (χ3v) is 5.14. The van der Waals surface area contributed by atoms with Gasteiger partial charge in [-0.05, 0) is 38.5 Å². The zero-order valence-corrected chi connectivity index (χ0v) is 19.9. The van der Waals surface area contributed by atoms with Crippen LogP contribution in [0, 0.1) is 6.92 Å². The van der Waals surface area contributed by atoms with Crippen molar-refractivity contribution in [2.75, 3.05) is 20.8 Å². The van der Waals surface area contributed by atoms with Crippen molar-refractivity contribution in [1.82, 2.24) is 15.6 Å². The van der Waals surface area contributed by atoms with Crippen molar-refractivity contribution in [3.8, 4) is 5.75 Å². The Kier molecular flexibility index (Phi) is 10.2. The van der Waals surface area contributed by atoms with Crippen LogP contribution in [0.2, 0.25) is 0 Å². The fraction of sp³-hybridized carbons (Fsp3) is 0.421. The molecule has 0 saturated carbocycles. The molecule has 7 nitrogen and oxygen atoms in total. The maximum atomic E-state index is 12.0. The Labute approximate surface area is 187 Å². The summed E-state index contributed by atoms with van der Waals surface area (Å²) in [5.74, 6) is 1.14. The summed E-state index contributed by atoms with van der Waals surface area (Å²) in [5, 5.41) is 7.37. The Balaban J connectivity index is 0.00000392. The molecular formula is C19H27IN4O3S. The maximum Gasteiger partial charge on any atom is 0.350 e. The number of benzene rings is 1. The summed E-state index contributed by atoms with van der Waals surface area (Å²) in [4.78, 5) is 21.3. The highest BCUT2D eigenvalue weighted by atomic mass is 127. The number of halogens is 1. The second-order valence-corrected chi connectivity index (χ2v) is 6.86. The number of nitrogens with zero attached hydrogens (tertiary/aromatic N) is 2. The van der Waals surface area contributed by atoms with Gasteiger partial charge >= 0.3 is 5.97 Å². The van der Waals surface area contributed by atoms with E-state index in [0.29, 0.717) is 29.7 Å². The van der Waals surface area contributed by atoms with Crippen molar-refractivity contribution >= 4 is 47.2 Å². The Morgan fingerprint density at radius 2 is 2.14 bits per heavy atom. The van der Waals surface area contributed by atoms with Crippen LogP contribution in [0.5, 0.6) is 5.75 Å². The van der Waals surface area contributed by atoms with Gasteiger partial charge in [-0.2, -0.15) is 0 Å². The zero-order chi connectivity index (χ0) is 19.8. The number of hydrogen-bond donors (Lipinski definition) is 2. The number of esters is 1. The fourth-order valence-corrected chi connectivity index (χ4v) is 3.38. The zero-order valence-electron chi connectivity index (χ0n) is 16.7. The van der Waals surface area contributed by atoms with Crippen LogP contribution in [0.4, 0.5) is 0 Å². The van der Waals surface area contributed by atoms with Crippen LogP contribution in [0.15, 0.2) is 29.3 Å². The van der Waals surface area contributed by atoms with Crippen LogP contribution in [0.1, 0.15) is 45.8 Å². The summed E-state index contributed by atoms with van der Waals surface area (Å²) in [6.07, 6.45) is 0. The summed E-state index contributed by atoms with van der Waals surface area (Å²) in [6.45, 7) is 6.53. The molecule has 0 radical (unpaired) electrons. The molecule has 0 aliphatic heterocycles. The number of carbonyl (C=O) groups excluding carboxylic acids is 1. The number of methoxy groups -OCH3 is 1. The van der Waals surface area contributed by atoms with E-state index in [0.717, 1.165) is 16.3 Å². The van der Waals surface area contributed by atoms with E-state index in [2.05, 4.69) is 20.6 Å². The van der Waals surface area contributed by atoms with Crippen molar-refractivity contribution in [3.05, 3.63) is 45.4 Å². The molecule has 154 valence electrons. The normalized spacial score (nSPS) is 12.0. The molecule has 1 unspecified atom stereocenters. The van der Waals surface area contributed by atoms with Crippen molar-refractivity contribution < 1.29 is 14.3 Å². The Bertz CT molecular complexity index is 810. The molecule has 0 amide bonds. The Morgan fingerprint density at radius 3 is 2.79 bits per heavy atom. The number of rotatable bonds is 7. The molecule has 0 aliphatic rings. The van der Waals surface area contributed by atoms with Crippen LogP contribution in [-0.4, -0.2) is 37.7 Å². The van der Waals surface area contributed by atoms with Gasteiger partial charge in [0.2, 0.25) is 0 Å². The summed E-state index contributed by atoms with van der Waals surface area (Å²) >= 11 is 1.34. The first-order valence-corrected chi connectivity index (χ1v) is 9.54. The number of thiazole rings is 1. The number of ether oxygens (including phenoxy) is 2. The number of hydrogen-bond acceptors (Lipinski definition) is 6. The first-order valence-electron chi connectivity index (χ1n) is 8.73. The van der Waals surface area contributed by atoms with Crippen LogP contribution >= 0.6 is 35.3 Å². The van der Waals surface area contributed by atoms with E-state index in [1.807, 2.05) is 38.1 Å². The minimum Gasteiger partial charge on any atom is -0.497 e. The van der Waals surface area contributed by atoms with Gasteiger partial charge in [0, 0.05) is 13.6 Å². The second kappa shape index (κ2) is 11.8. The van der Waals surface area contributed by atoms with E-state index in [9.17, 15) is 4.79 Å². The molecule has 9 heteroatoms. The first-order chi connectivity index (χ1) is 13.0. The van der Waals surface area contributed by atoms with E-state index in [1.54, 1.807) is 21.1 Å². The average molecular weight is 518 g/mol. The Morgan fingerprint density at radius 1 is 1.39 bits per heavy atom. The van der Waals surface area contributed by atoms with Gasteiger partial charge < -0.3 is 20.1 Å². The summed E-state index contributed by atoms with van der Waals surface area (Å²) in [6, 6.07) is 7.74. The topological polar surface area (TPSA) is 84.8 Å². The molecule has 1 heterocycles. The van der Waals surface area contributed by atoms with Gasteiger partial charge in [0.05, 0.1) is 25.5 Å². The molecule has 1 aromatic carbocycles. The summed E-state index contributed by atoms with van der Waals surface area (Å²) in [7, 11) is 3.36. The third-order valence-electron chi connectivity index (χ3n) is 3.82. The van der Waals surface area contributed by atoms with E-state index in [4.69, 9.17) is 9.47 Å². The van der Waals surface area contributed by atoms with Crippen LogP contribution in [-0.2, 0) is 11.3 Å². The average Bonchev–Trinajstić information content (AvgIpc) is 3.07. The lowest BCUT2D eigenvalue weighted by Crippen LogP contribution is -2.38. The lowest BCUT2D eigenvalue weighted by Gasteiger charge is -2.16. The van der Waals surface area contributed by atoms with E-state index >= 15 is 0 Å². The second-order valence-electron chi connectivity index (χ2n) is 5.83. The van der Waals surface area contributed by atoms with E-state index < -0.39 is 0 Å². The first kappa shape index (κ1) is 24.2. The molecule has 0 bridgehead atoms. The SMILES string of the molecule is CCOC(=O)c1sc(C(C)NC(=NC)NCc2cccc(OC)c2)nc1C.I. The van der Waals surface area contributed by atoms with E-state index in [1.165, 1.54) is 11.3 Å². The monoisotopic (exact) mass is 518 g/mol. The summed E-state index contributed by atoms with van der Waals surface area (Å²) < 4.78 is 10.3. The molecule has 0 fully saturated rings. The minimum absolute atomic E-state index is 0. The highest BCUT2D eigenvalue weighted by molar-refractivity contribution is 14.0. The van der Waals surface area contributed by atoms with Crippen molar-refractivity contribution in [2.45, 2.75) is 33.4 Å². The van der Waals surface area contributed by atoms with Crippen molar-refractivity contribution in [2.24, 2.45) is 4.99 Å². The van der Waals surface area contributed by atoms with Gasteiger partial charge in [0.1, 0.15) is 15.6 Å². The number of nitrogens with one attached hydrogen (secondary N) is 2. The lowest BCUT2D eigenvalue weighted by molar-refractivity contribution is 0.0531. The summed E-state index contributed by atoms with van der Waals surface area (Å²) in [5.41, 5.74) is 1.76. The lowest BCUT2D eigenvalue weighted by atomic mass is 10.2. The Hall–Kier alpha value is -1.88. The van der Waals surface area contributed by atoms with Crippen LogP contribution in [0.3, 0.4) is 0 Å². The molecule has 1 aromatic heterocycles. The van der Waals surface area contributed by atoms with Gasteiger partial charge in [-0.3, -0.25) is 4.99 Å². The van der Waals surface area contributed by atoms with Gasteiger partial charge in [-0.15, -0.1) is 35.3 Å². The molecule has 0 spiro atoms. The molecule has 2 N–H and O–H groups in total. The number of aromatic nitrogens is 1. The molecule has 2 rings (SSSR count). The predicted molar refractivity (Wildman–Crippen MR) is 123 cm³/mol. The number of aryl methyl sites for hydroxylation is 1. The fourth-order valence-electron chi connectivity index (χ4n) is 2.42. The molecule has 0 saturated heterocycles. The van der Waals surface area contributed by atoms with Crippen molar-refractivity contribution in [1.29, 1.82) is 0 Å². The highest BCUT2D eigenvalue weighted by Crippen LogP contribution is 2.24. The number of aliphatic imine (C=N–C) groups is 1. The number of carbonyl (C=O) groups is 1. The van der Waals surface area contributed by atoms with Crippen LogP contribution < -0.4 is 15.4 Å². The third kappa shape index (κ3) is 6.62. The van der Waals surface area contributed by atoms with Gasteiger partial charge in [0.25, 0.3) is 0 Å². The number of guanidine groups is 1. The molecule has 28 heavy (non-hydrogen) atoms. The van der Waals surface area contributed by atoms with Gasteiger partial charge in [-0.25, -0.2) is 9.78 Å². The van der Waals surface area contributed by atoms with E-state index in [-0.39, 0.29) is 36.0 Å². The van der Waals surface area contributed by atoms with Crippen molar-refractivity contribution in [3.63, 3.8) is 0 Å². The largest absolute Gasteiger partial charge is 0.497 e. The van der Waals surface area contributed by atoms with Gasteiger partial charge in [0.15, 0.2) is 5.96 Å². The smallest absolute Gasteiger partial charge is 0.350 e. The van der Waals surface area contributed by atoms with Gasteiger partial charge in [-0.1, -0.05) is 12.1 Å². The standard InChI is InChI=1S/C19H26N4O3S.HI/c1-6-26-18(24)16-12(2)22-17(27-16)13(3)23-19(20-4)21-11-14-8-7-9-15(10-14)25-5;/h7-10,13H,6,11H2,1-5H3,(H2,20,21,23);1H. The quantitative estimate of drug-likeness (QED) is 0.252.